The molecule has 3 N–H and O–H groups in total. The van der Waals surface area contributed by atoms with E-state index in [1.807, 2.05) is 40.0 Å². The van der Waals surface area contributed by atoms with Gasteiger partial charge < -0.3 is 15.7 Å². The van der Waals surface area contributed by atoms with E-state index in [2.05, 4.69) is 15.6 Å². The molecular formula is C15H27N3O2S. The zero-order valence-electron chi connectivity index (χ0n) is 13.6. The number of carbonyl (C=O) groups excluding carboxylic acids is 1. The minimum atomic E-state index is -0.448. The lowest BCUT2D eigenvalue weighted by molar-refractivity contribution is 0.0151. The molecule has 0 aliphatic carbocycles. The third kappa shape index (κ3) is 6.01. The molecule has 0 aliphatic heterocycles. The van der Waals surface area contributed by atoms with Gasteiger partial charge in [-0.05, 0) is 12.8 Å². The molecule has 0 aromatic carbocycles. The number of hydrogen-bond donors (Lipinski definition) is 3. The highest BCUT2D eigenvalue weighted by Crippen LogP contribution is 2.24. The number of nitrogens with one attached hydrogen (secondary N) is 2. The van der Waals surface area contributed by atoms with E-state index in [4.69, 9.17) is 0 Å². The normalized spacial score (nSPS) is 13.3. The number of aryl methyl sites for hydroxylation is 1. The van der Waals surface area contributed by atoms with E-state index in [0.717, 1.165) is 17.1 Å². The van der Waals surface area contributed by atoms with Crippen LogP contribution in [0.3, 0.4) is 0 Å². The average Bonchev–Trinajstić information content (AvgIpc) is 2.81. The Hall–Kier alpha value is -1.14. The van der Waals surface area contributed by atoms with E-state index in [1.54, 1.807) is 11.3 Å². The van der Waals surface area contributed by atoms with Crippen LogP contribution in [-0.4, -0.2) is 35.3 Å². The monoisotopic (exact) mass is 313 g/mol. The van der Waals surface area contributed by atoms with Gasteiger partial charge in [0.1, 0.15) is 0 Å². The molecule has 1 heterocycles. The van der Waals surface area contributed by atoms with Crippen molar-refractivity contribution in [1.82, 2.24) is 15.6 Å². The van der Waals surface area contributed by atoms with Crippen LogP contribution >= 0.6 is 11.3 Å². The summed E-state index contributed by atoms with van der Waals surface area (Å²) in [7, 11) is 0. The highest BCUT2D eigenvalue weighted by Gasteiger charge is 2.30. The van der Waals surface area contributed by atoms with Crippen LogP contribution in [-0.2, 0) is 6.42 Å². The molecule has 5 nitrogen and oxygen atoms in total. The number of hydrogen-bond acceptors (Lipinski definition) is 4. The van der Waals surface area contributed by atoms with Gasteiger partial charge in [0.05, 0.1) is 16.8 Å². The summed E-state index contributed by atoms with van der Waals surface area (Å²) in [5, 5.41) is 18.8. The van der Waals surface area contributed by atoms with E-state index in [9.17, 15) is 9.90 Å². The van der Waals surface area contributed by atoms with Gasteiger partial charge in [0.2, 0.25) is 0 Å². The molecule has 0 saturated heterocycles. The molecule has 21 heavy (non-hydrogen) atoms. The highest BCUT2D eigenvalue weighted by molar-refractivity contribution is 7.09. The summed E-state index contributed by atoms with van der Waals surface area (Å²) in [5.41, 5.74) is 0.658. The third-order valence-corrected chi connectivity index (χ3v) is 4.29. The van der Waals surface area contributed by atoms with Crippen molar-refractivity contribution in [2.75, 3.05) is 13.1 Å². The fourth-order valence-electron chi connectivity index (χ4n) is 2.20. The first-order valence-corrected chi connectivity index (χ1v) is 8.21. The van der Waals surface area contributed by atoms with Crippen molar-refractivity contribution in [1.29, 1.82) is 0 Å². The molecule has 2 amide bonds. The number of aromatic nitrogens is 1. The zero-order chi connectivity index (χ0) is 16.0. The second-order valence-electron chi connectivity index (χ2n) is 6.39. The summed E-state index contributed by atoms with van der Waals surface area (Å²) < 4.78 is 0. The number of thiazole rings is 1. The van der Waals surface area contributed by atoms with Crippen LogP contribution in [0.5, 0.6) is 0 Å². The first-order valence-electron chi connectivity index (χ1n) is 7.33. The number of rotatable bonds is 7. The lowest BCUT2D eigenvalue weighted by Crippen LogP contribution is -2.46. The van der Waals surface area contributed by atoms with Gasteiger partial charge in [0, 0.05) is 30.3 Å². The van der Waals surface area contributed by atoms with Crippen LogP contribution in [0.4, 0.5) is 4.79 Å². The molecule has 0 aliphatic rings. The Kier molecular flexibility index (Phi) is 6.61. The SMILES string of the molecule is Cc1nc(CCNC(=O)NCC(C)(C)[C@H](O)C(C)C)cs1. The number of carbonyl (C=O) groups is 1. The molecule has 0 bridgehead atoms. The number of urea groups is 1. The van der Waals surface area contributed by atoms with Crippen LogP contribution in [0, 0.1) is 18.3 Å². The minimum Gasteiger partial charge on any atom is -0.392 e. The summed E-state index contributed by atoms with van der Waals surface area (Å²) in [6, 6.07) is -0.203. The highest BCUT2D eigenvalue weighted by atomic mass is 32.1. The number of aliphatic hydroxyl groups excluding tert-OH is 1. The summed E-state index contributed by atoms with van der Waals surface area (Å²) in [6.45, 7) is 10.8. The van der Waals surface area contributed by atoms with Crippen molar-refractivity contribution in [3.63, 3.8) is 0 Å². The van der Waals surface area contributed by atoms with E-state index < -0.39 is 6.10 Å². The average molecular weight is 313 g/mol. The van der Waals surface area contributed by atoms with Crippen LogP contribution in [0.15, 0.2) is 5.38 Å². The maximum atomic E-state index is 11.8. The van der Waals surface area contributed by atoms with Crippen LogP contribution in [0.2, 0.25) is 0 Å². The Labute approximate surface area is 131 Å². The lowest BCUT2D eigenvalue weighted by Gasteiger charge is -2.33. The molecule has 1 atom stereocenters. The van der Waals surface area contributed by atoms with Crippen molar-refractivity contribution in [3.05, 3.63) is 16.1 Å². The smallest absolute Gasteiger partial charge is 0.314 e. The molecular weight excluding hydrogens is 286 g/mol. The molecule has 0 radical (unpaired) electrons. The molecule has 0 unspecified atom stereocenters. The Morgan fingerprint density at radius 3 is 2.62 bits per heavy atom. The number of amides is 2. The molecule has 0 spiro atoms. The van der Waals surface area contributed by atoms with Gasteiger partial charge in [-0.25, -0.2) is 9.78 Å². The number of aliphatic hydroxyl groups is 1. The van der Waals surface area contributed by atoms with E-state index in [-0.39, 0.29) is 17.4 Å². The Balaban J connectivity index is 2.27. The van der Waals surface area contributed by atoms with Gasteiger partial charge in [0.25, 0.3) is 0 Å². The van der Waals surface area contributed by atoms with Crippen LogP contribution < -0.4 is 10.6 Å². The Morgan fingerprint density at radius 2 is 2.10 bits per heavy atom. The largest absolute Gasteiger partial charge is 0.392 e. The molecule has 1 aromatic heterocycles. The minimum absolute atomic E-state index is 0.165. The third-order valence-electron chi connectivity index (χ3n) is 3.47. The second-order valence-corrected chi connectivity index (χ2v) is 7.46. The van der Waals surface area contributed by atoms with Crippen molar-refractivity contribution in [2.24, 2.45) is 11.3 Å². The standard InChI is InChI=1S/C15H27N3O2S/c1-10(2)13(19)15(4,5)9-17-14(20)16-7-6-12-8-21-11(3)18-12/h8,10,13,19H,6-7,9H2,1-5H3,(H2,16,17,20)/t13-/m1/s1. The van der Waals surface area contributed by atoms with Gasteiger partial charge >= 0.3 is 6.03 Å². The molecule has 1 rings (SSSR count). The summed E-state index contributed by atoms with van der Waals surface area (Å²) in [4.78, 5) is 16.1. The van der Waals surface area contributed by atoms with Gasteiger partial charge in [-0.3, -0.25) is 0 Å². The predicted octanol–water partition coefficient (Wildman–Crippen LogP) is 2.34. The molecule has 0 saturated carbocycles. The van der Waals surface area contributed by atoms with Crippen molar-refractivity contribution in [3.8, 4) is 0 Å². The predicted molar refractivity (Wildman–Crippen MR) is 86.6 cm³/mol. The van der Waals surface area contributed by atoms with E-state index in [0.29, 0.717) is 13.1 Å². The molecule has 1 aromatic rings. The molecule has 0 fully saturated rings. The number of nitrogens with zero attached hydrogens (tertiary/aromatic N) is 1. The first-order chi connectivity index (χ1) is 9.72. The molecule has 120 valence electrons. The van der Waals surface area contributed by atoms with E-state index in [1.165, 1.54) is 0 Å². The van der Waals surface area contributed by atoms with Crippen LogP contribution in [0.25, 0.3) is 0 Å². The summed E-state index contributed by atoms with van der Waals surface area (Å²) >= 11 is 1.62. The van der Waals surface area contributed by atoms with Gasteiger partial charge in [-0.15, -0.1) is 11.3 Å². The van der Waals surface area contributed by atoms with Gasteiger partial charge in [0.15, 0.2) is 0 Å². The fraction of sp³-hybridized carbons (Fsp3) is 0.733. The van der Waals surface area contributed by atoms with Crippen molar-refractivity contribution >= 4 is 17.4 Å². The molecule has 6 heteroatoms. The second kappa shape index (κ2) is 7.75. The Bertz CT molecular complexity index is 458. The van der Waals surface area contributed by atoms with Gasteiger partial charge in [-0.1, -0.05) is 27.7 Å². The van der Waals surface area contributed by atoms with Crippen molar-refractivity contribution < 1.29 is 9.90 Å². The van der Waals surface area contributed by atoms with E-state index >= 15 is 0 Å². The quantitative estimate of drug-likeness (QED) is 0.723. The Morgan fingerprint density at radius 1 is 1.43 bits per heavy atom. The van der Waals surface area contributed by atoms with Crippen LogP contribution in [0.1, 0.15) is 38.4 Å². The zero-order valence-corrected chi connectivity index (χ0v) is 14.4. The first kappa shape index (κ1) is 17.9. The van der Waals surface area contributed by atoms with Gasteiger partial charge in [-0.2, -0.15) is 0 Å². The summed E-state index contributed by atoms with van der Waals surface area (Å²) in [6.07, 6.45) is 0.284. The topological polar surface area (TPSA) is 74.2 Å². The lowest BCUT2D eigenvalue weighted by atomic mass is 9.81. The fourth-order valence-corrected chi connectivity index (χ4v) is 2.85. The summed E-state index contributed by atoms with van der Waals surface area (Å²) in [5.74, 6) is 0.165. The van der Waals surface area contributed by atoms with Crippen molar-refractivity contribution in [2.45, 2.75) is 47.1 Å². The maximum Gasteiger partial charge on any atom is 0.314 e. The maximum absolute atomic E-state index is 11.8.